The Morgan fingerprint density at radius 3 is 2.56 bits per heavy atom. The molecular formula is C14H23NO. The van der Waals surface area contributed by atoms with Crippen LogP contribution in [0.25, 0.3) is 0 Å². The number of rotatable bonds is 7. The molecule has 0 unspecified atom stereocenters. The quantitative estimate of drug-likeness (QED) is 0.718. The van der Waals surface area contributed by atoms with E-state index in [9.17, 15) is 0 Å². The summed E-state index contributed by atoms with van der Waals surface area (Å²) in [5, 5.41) is 0. The van der Waals surface area contributed by atoms with Crippen LogP contribution in [0.4, 0.5) is 0 Å². The van der Waals surface area contributed by atoms with Gasteiger partial charge in [-0.05, 0) is 62.4 Å². The second-order valence-electron chi connectivity index (χ2n) is 3.96. The van der Waals surface area contributed by atoms with Gasteiger partial charge in [-0.2, -0.15) is 0 Å². The van der Waals surface area contributed by atoms with Crippen LogP contribution in [0.1, 0.15) is 37.8 Å². The third-order valence-electron chi connectivity index (χ3n) is 2.77. The molecule has 0 amide bonds. The zero-order chi connectivity index (χ0) is 11.8. The zero-order valence-corrected chi connectivity index (χ0v) is 10.5. The van der Waals surface area contributed by atoms with E-state index in [-0.39, 0.29) is 0 Å². The van der Waals surface area contributed by atoms with Gasteiger partial charge in [-0.3, -0.25) is 0 Å². The first-order valence-corrected chi connectivity index (χ1v) is 6.26. The minimum Gasteiger partial charge on any atom is -0.494 e. The Morgan fingerprint density at radius 2 is 1.94 bits per heavy atom. The number of hydrogen-bond donors (Lipinski definition) is 1. The van der Waals surface area contributed by atoms with Crippen molar-refractivity contribution in [3.05, 3.63) is 29.3 Å². The number of ether oxygens (including phenoxy) is 1. The molecule has 2 N–H and O–H groups in total. The van der Waals surface area contributed by atoms with Crippen LogP contribution < -0.4 is 10.5 Å². The maximum atomic E-state index is 5.51. The average Bonchev–Trinajstić information content (AvgIpc) is 2.31. The van der Waals surface area contributed by atoms with Crippen LogP contribution in [0.5, 0.6) is 5.75 Å². The largest absolute Gasteiger partial charge is 0.494 e. The Balaban J connectivity index is 2.68. The number of unbranched alkanes of at least 4 members (excludes halogenated alkanes) is 1. The summed E-state index contributed by atoms with van der Waals surface area (Å²) in [6.45, 7) is 5.73. The van der Waals surface area contributed by atoms with E-state index in [2.05, 4.69) is 25.1 Å². The third kappa shape index (κ3) is 3.86. The fourth-order valence-electron chi connectivity index (χ4n) is 1.89. The smallest absolute Gasteiger partial charge is 0.119 e. The van der Waals surface area contributed by atoms with E-state index in [1.807, 2.05) is 6.92 Å². The van der Waals surface area contributed by atoms with Crippen LogP contribution in [0.3, 0.4) is 0 Å². The number of hydrogen-bond acceptors (Lipinski definition) is 2. The van der Waals surface area contributed by atoms with Gasteiger partial charge in [-0.15, -0.1) is 0 Å². The summed E-state index contributed by atoms with van der Waals surface area (Å²) >= 11 is 0. The Hall–Kier alpha value is -1.02. The summed E-state index contributed by atoms with van der Waals surface area (Å²) in [7, 11) is 0. The SMILES string of the molecule is CCOc1ccc(CCCCN)c(CC)c1. The summed E-state index contributed by atoms with van der Waals surface area (Å²) in [6.07, 6.45) is 4.49. The number of aryl methyl sites for hydroxylation is 2. The molecule has 0 bridgehead atoms. The normalized spacial score (nSPS) is 10.4. The number of nitrogens with two attached hydrogens (primary N) is 1. The molecule has 0 fully saturated rings. The van der Waals surface area contributed by atoms with E-state index in [1.54, 1.807) is 0 Å². The van der Waals surface area contributed by atoms with Crippen molar-refractivity contribution in [3.63, 3.8) is 0 Å². The maximum Gasteiger partial charge on any atom is 0.119 e. The topological polar surface area (TPSA) is 35.2 Å². The lowest BCUT2D eigenvalue weighted by Crippen LogP contribution is -2.01. The van der Waals surface area contributed by atoms with Gasteiger partial charge in [0.25, 0.3) is 0 Å². The van der Waals surface area contributed by atoms with Crippen LogP contribution in [-0.4, -0.2) is 13.2 Å². The van der Waals surface area contributed by atoms with Crippen molar-refractivity contribution in [2.45, 2.75) is 39.5 Å². The van der Waals surface area contributed by atoms with Crippen molar-refractivity contribution in [3.8, 4) is 5.75 Å². The highest BCUT2D eigenvalue weighted by Gasteiger charge is 2.02. The predicted molar refractivity (Wildman–Crippen MR) is 69.0 cm³/mol. The standard InChI is InChI=1S/C14H23NO/c1-3-12-11-14(16-4-2)9-8-13(12)7-5-6-10-15/h8-9,11H,3-7,10,15H2,1-2H3. The molecule has 2 heteroatoms. The molecule has 1 aromatic carbocycles. The molecule has 2 nitrogen and oxygen atoms in total. The molecule has 90 valence electrons. The van der Waals surface area contributed by atoms with Crippen molar-refractivity contribution in [2.24, 2.45) is 5.73 Å². The van der Waals surface area contributed by atoms with Gasteiger partial charge in [0.2, 0.25) is 0 Å². The van der Waals surface area contributed by atoms with E-state index >= 15 is 0 Å². The van der Waals surface area contributed by atoms with Crippen molar-refractivity contribution < 1.29 is 4.74 Å². The molecule has 16 heavy (non-hydrogen) atoms. The third-order valence-corrected chi connectivity index (χ3v) is 2.77. The van der Waals surface area contributed by atoms with Crippen LogP contribution in [0, 0.1) is 0 Å². The maximum absolute atomic E-state index is 5.51. The van der Waals surface area contributed by atoms with Gasteiger partial charge in [0.05, 0.1) is 6.61 Å². The molecule has 0 atom stereocenters. The lowest BCUT2D eigenvalue weighted by atomic mass is 10.00. The van der Waals surface area contributed by atoms with Gasteiger partial charge < -0.3 is 10.5 Å². The highest BCUT2D eigenvalue weighted by Crippen LogP contribution is 2.20. The lowest BCUT2D eigenvalue weighted by molar-refractivity contribution is 0.340. The molecule has 0 spiro atoms. The van der Waals surface area contributed by atoms with E-state index in [0.29, 0.717) is 0 Å². The van der Waals surface area contributed by atoms with Crippen molar-refractivity contribution in [2.75, 3.05) is 13.2 Å². The van der Waals surface area contributed by atoms with Gasteiger partial charge in [0, 0.05) is 0 Å². The number of benzene rings is 1. The van der Waals surface area contributed by atoms with Gasteiger partial charge in [-0.25, -0.2) is 0 Å². The van der Waals surface area contributed by atoms with Crippen LogP contribution in [0.15, 0.2) is 18.2 Å². The van der Waals surface area contributed by atoms with E-state index in [1.165, 1.54) is 17.5 Å². The van der Waals surface area contributed by atoms with Crippen LogP contribution >= 0.6 is 0 Å². The highest BCUT2D eigenvalue weighted by atomic mass is 16.5. The monoisotopic (exact) mass is 221 g/mol. The fraction of sp³-hybridized carbons (Fsp3) is 0.571. The summed E-state index contributed by atoms with van der Waals surface area (Å²) in [5.74, 6) is 0.988. The predicted octanol–water partition coefficient (Wildman–Crippen LogP) is 2.93. The van der Waals surface area contributed by atoms with Crippen LogP contribution in [0.2, 0.25) is 0 Å². The first-order valence-electron chi connectivity index (χ1n) is 6.26. The van der Waals surface area contributed by atoms with Crippen molar-refractivity contribution in [1.82, 2.24) is 0 Å². The Bertz CT molecular complexity index is 310. The fourth-order valence-corrected chi connectivity index (χ4v) is 1.89. The summed E-state index contributed by atoms with van der Waals surface area (Å²) in [4.78, 5) is 0. The average molecular weight is 221 g/mol. The molecule has 0 heterocycles. The van der Waals surface area contributed by atoms with E-state index in [4.69, 9.17) is 10.5 Å². The van der Waals surface area contributed by atoms with Gasteiger partial charge in [0.15, 0.2) is 0 Å². The molecular weight excluding hydrogens is 198 g/mol. The van der Waals surface area contributed by atoms with Gasteiger partial charge >= 0.3 is 0 Å². The molecule has 0 saturated heterocycles. The lowest BCUT2D eigenvalue weighted by Gasteiger charge is -2.10. The van der Waals surface area contributed by atoms with Crippen molar-refractivity contribution >= 4 is 0 Å². The molecule has 0 saturated carbocycles. The zero-order valence-electron chi connectivity index (χ0n) is 10.5. The first kappa shape index (κ1) is 13.0. The summed E-state index contributed by atoms with van der Waals surface area (Å²) in [6, 6.07) is 6.43. The van der Waals surface area contributed by atoms with Gasteiger partial charge in [0.1, 0.15) is 5.75 Å². The Kier molecular flexibility index (Phi) is 5.94. The van der Waals surface area contributed by atoms with E-state index in [0.717, 1.165) is 38.2 Å². The highest BCUT2D eigenvalue weighted by molar-refractivity contribution is 5.35. The second-order valence-corrected chi connectivity index (χ2v) is 3.96. The molecule has 0 aromatic heterocycles. The minimum atomic E-state index is 0.732. The van der Waals surface area contributed by atoms with Crippen LogP contribution in [-0.2, 0) is 12.8 Å². The van der Waals surface area contributed by atoms with Gasteiger partial charge in [-0.1, -0.05) is 13.0 Å². The summed E-state index contributed by atoms with van der Waals surface area (Å²) < 4.78 is 5.51. The molecule has 1 aromatic rings. The van der Waals surface area contributed by atoms with Crippen molar-refractivity contribution in [1.29, 1.82) is 0 Å². The molecule has 1 rings (SSSR count). The Morgan fingerprint density at radius 1 is 1.12 bits per heavy atom. The first-order chi connectivity index (χ1) is 7.81. The molecule has 0 aliphatic rings. The molecule has 0 aliphatic carbocycles. The second kappa shape index (κ2) is 7.29. The molecule has 0 aliphatic heterocycles. The Labute approximate surface area is 98.8 Å². The van der Waals surface area contributed by atoms with E-state index < -0.39 is 0 Å². The molecule has 0 radical (unpaired) electrons. The minimum absolute atomic E-state index is 0.732. The summed E-state index contributed by atoms with van der Waals surface area (Å²) in [5.41, 5.74) is 8.36.